The van der Waals surface area contributed by atoms with E-state index >= 15 is 0 Å². The predicted octanol–water partition coefficient (Wildman–Crippen LogP) is 6.40. The molecule has 5 aromatic rings. The Hall–Kier alpha value is -4.63. The number of carbonyl (C=O) groups excluding carboxylic acids is 1. The fourth-order valence-corrected chi connectivity index (χ4v) is 4.02. The molecule has 3 aromatic heterocycles. The normalized spacial score (nSPS) is 11.4. The molecule has 3 heterocycles. The summed E-state index contributed by atoms with van der Waals surface area (Å²) in [4.78, 5) is 30.2. The first-order valence-electron chi connectivity index (χ1n) is 12.2. The lowest BCUT2D eigenvalue weighted by molar-refractivity contribution is 0.0635. The standard InChI is InChI=1S/C29H26ClN5O4/c1-29(2,3)39-28(37)32-24-18-35-26(34(27(24)36)17-19-7-11-21(30)12-8-19)16-23(33-35)20-9-13-22(14-10-20)38-25-6-4-5-15-31-25/h4-16,18H,17H2,1-3H3,(H,32,37). The number of halogens is 1. The topological polar surface area (TPSA) is 99.8 Å². The van der Waals surface area contributed by atoms with Gasteiger partial charge in [-0.15, -0.1) is 0 Å². The zero-order chi connectivity index (χ0) is 27.6. The number of nitrogens with zero attached hydrogens (tertiary/aromatic N) is 4. The Morgan fingerprint density at radius 3 is 2.44 bits per heavy atom. The number of nitrogens with one attached hydrogen (secondary N) is 1. The van der Waals surface area contributed by atoms with Crippen molar-refractivity contribution < 1.29 is 14.3 Å². The summed E-state index contributed by atoms with van der Waals surface area (Å²) in [7, 11) is 0. The summed E-state index contributed by atoms with van der Waals surface area (Å²) in [5, 5.41) is 7.86. The minimum absolute atomic E-state index is 0.0412. The van der Waals surface area contributed by atoms with E-state index in [2.05, 4.69) is 15.4 Å². The number of rotatable bonds is 6. The quantitative estimate of drug-likeness (QED) is 0.266. The van der Waals surface area contributed by atoms with Gasteiger partial charge in [0, 0.05) is 28.9 Å². The van der Waals surface area contributed by atoms with Crippen LogP contribution in [0.5, 0.6) is 11.6 Å². The second kappa shape index (κ2) is 10.6. The molecule has 0 aliphatic rings. The Morgan fingerprint density at radius 2 is 1.77 bits per heavy atom. The van der Waals surface area contributed by atoms with E-state index in [1.807, 2.05) is 54.6 Å². The third-order valence-electron chi connectivity index (χ3n) is 5.62. The van der Waals surface area contributed by atoms with E-state index in [4.69, 9.17) is 21.1 Å². The summed E-state index contributed by atoms with van der Waals surface area (Å²) in [5.74, 6) is 1.12. The first kappa shape index (κ1) is 26.0. The molecule has 198 valence electrons. The van der Waals surface area contributed by atoms with Crippen LogP contribution in [0.3, 0.4) is 0 Å². The summed E-state index contributed by atoms with van der Waals surface area (Å²) in [6.07, 6.45) is 2.42. The highest BCUT2D eigenvalue weighted by Gasteiger charge is 2.20. The van der Waals surface area contributed by atoms with E-state index in [1.54, 1.807) is 54.2 Å². The van der Waals surface area contributed by atoms with Crippen molar-refractivity contribution in [2.75, 3.05) is 5.32 Å². The molecule has 9 nitrogen and oxygen atoms in total. The zero-order valence-corrected chi connectivity index (χ0v) is 22.3. The van der Waals surface area contributed by atoms with E-state index in [0.29, 0.717) is 28.0 Å². The van der Waals surface area contributed by atoms with Gasteiger partial charge in [0.25, 0.3) is 5.56 Å². The second-order valence-corrected chi connectivity index (χ2v) is 10.3. The molecular formula is C29H26ClN5O4. The lowest BCUT2D eigenvalue weighted by Crippen LogP contribution is -2.32. The Labute approximate surface area is 229 Å². The van der Waals surface area contributed by atoms with Crippen molar-refractivity contribution in [3.8, 4) is 22.9 Å². The van der Waals surface area contributed by atoms with Crippen LogP contribution < -0.4 is 15.6 Å². The van der Waals surface area contributed by atoms with Crippen LogP contribution in [0.15, 0.2) is 90.0 Å². The molecule has 2 aromatic carbocycles. The van der Waals surface area contributed by atoms with Gasteiger partial charge < -0.3 is 9.47 Å². The van der Waals surface area contributed by atoms with Crippen molar-refractivity contribution in [2.24, 2.45) is 0 Å². The van der Waals surface area contributed by atoms with Gasteiger partial charge in [-0.1, -0.05) is 29.8 Å². The monoisotopic (exact) mass is 543 g/mol. The first-order valence-corrected chi connectivity index (χ1v) is 12.6. The summed E-state index contributed by atoms with van der Waals surface area (Å²) < 4.78 is 14.2. The SMILES string of the molecule is CC(C)(C)OC(=O)Nc1cn2nc(-c3ccc(Oc4ccccn4)cc3)cc2n(Cc2ccc(Cl)cc2)c1=O. The van der Waals surface area contributed by atoms with Crippen LogP contribution >= 0.6 is 11.6 Å². The number of hydrogen-bond acceptors (Lipinski definition) is 6. The predicted molar refractivity (Wildman–Crippen MR) is 150 cm³/mol. The first-order chi connectivity index (χ1) is 18.6. The maximum absolute atomic E-state index is 13.5. The van der Waals surface area contributed by atoms with Crippen LogP contribution in [0.4, 0.5) is 10.5 Å². The van der Waals surface area contributed by atoms with Crippen molar-refractivity contribution in [1.82, 2.24) is 19.2 Å². The van der Waals surface area contributed by atoms with E-state index < -0.39 is 17.3 Å². The van der Waals surface area contributed by atoms with Crippen molar-refractivity contribution >= 4 is 29.0 Å². The molecule has 0 fully saturated rings. The van der Waals surface area contributed by atoms with Gasteiger partial charge in [0.2, 0.25) is 5.88 Å². The Kier molecular flexibility index (Phi) is 7.08. The average Bonchev–Trinajstić information content (AvgIpc) is 3.31. The van der Waals surface area contributed by atoms with Gasteiger partial charge in [0.15, 0.2) is 0 Å². The number of hydrogen-bond donors (Lipinski definition) is 1. The smallest absolute Gasteiger partial charge is 0.412 e. The molecule has 0 saturated heterocycles. The molecule has 0 unspecified atom stereocenters. The van der Waals surface area contributed by atoms with Crippen LogP contribution in [0, 0.1) is 0 Å². The van der Waals surface area contributed by atoms with Gasteiger partial charge in [-0.2, -0.15) is 5.10 Å². The highest BCUT2D eigenvalue weighted by Crippen LogP contribution is 2.25. The molecule has 0 spiro atoms. The van der Waals surface area contributed by atoms with Crippen LogP contribution in [0.25, 0.3) is 16.9 Å². The minimum atomic E-state index is -0.729. The van der Waals surface area contributed by atoms with Crippen LogP contribution in [0.1, 0.15) is 26.3 Å². The van der Waals surface area contributed by atoms with Crippen LogP contribution in [0.2, 0.25) is 5.02 Å². The highest BCUT2D eigenvalue weighted by molar-refractivity contribution is 6.30. The lowest BCUT2D eigenvalue weighted by atomic mass is 10.1. The van der Waals surface area contributed by atoms with E-state index in [1.165, 1.54) is 6.20 Å². The average molecular weight is 544 g/mol. The molecular weight excluding hydrogens is 518 g/mol. The van der Waals surface area contributed by atoms with Crippen molar-refractivity contribution in [1.29, 1.82) is 0 Å². The summed E-state index contributed by atoms with van der Waals surface area (Å²) in [6.45, 7) is 5.49. The molecule has 1 amide bonds. The molecule has 0 aliphatic carbocycles. The molecule has 0 bridgehead atoms. The third kappa shape index (κ3) is 6.27. The summed E-state index contributed by atoms with van der Waals surface area (Å²) >= 11 is 6.05. The number of benzene rings is 2. The molecule has 39 heavy (non-hydrogen) atoms. The van der Waals surface area contributed by atoms with Gasteiger partial charge in [-0.25, -0.2) is 14.3 Å². The van der Waals surface area contributed by atoms with Gasteiger partial charge in [0.05, 0.1) is 18.4 Å². The maximum atomic E-state index is 13.5. The largest absolute Gasteiger partial charge is 0.444 e. The number of amides is 1. The maximum Gasteiger partial charge on any atom is 0.412 e. The van der Waals surface area contributed by atoms with Gasteiger partial charge in [-0.05, 0) is 68.8 Å². The van der Waals surface area contributed by atoms with E-state index in [-0.39, 0.29) is 12.2 Å². The van der Waals surface area contributed by atoms with E-state index in [9.17, 15) is 9.59 Å². The van der Waals surface area contributed by atoms with Crippen molar-refractivity contribution in [3.05, 3.63) is 106 Å². The zero-order valence-electron chi connectivity index (χ0n) is 21.6. The molecule has 0 saturated carbocycles. The molecule has 0 aliphatic heterocycles. The summed E-state index contributed by atoms with van der Waals surface area (Å²) in [5.41, 5.74) is 1.79. The third-order valence-corrected chi connectivity index (χ3v) is 5.87. The Balaban J connectivity index is 1.51. The minimum Gasteiger partial charge on any atom is -0.444 e. The van der Waals surface area contributed by atoms with Crippen molar-refractivity contribution in [3.63, 3.8) is 0 Å². The fraction of sp³-hybridized carbons (Fsp3) is 0.172. The van der Waals surface area contributed by atoms with Gasteiger partial charge in [-0.3, -0.25) is 14.7 Å². The molecule has 0 radical (unpaired) electrons. The molecule has 1 N–H and O–H groups in total. The van der Waals surface area contributed by atoms with E-state index in [0.717, 1.165) is 11.1 Å². The van der Waals surface area contributed by atoms with Crippen molar-refractivity contribution in [2.45, 2.75) is 32.9 Å². The van der Waals surface area contributed by atoms with Gasteiger partial charge in [0.1, 0.15) is 22.7 Å². The lowest BCUT2D eigenvalue weighted by Gasteiger charge is -2.20. The highest BCUT2D eigenvalue weighted by atomic mass is 35.5. The number of fused-ring (bicyclic) bond motifs is 1. The van der Waals surface area contributed by atoms with Crippen LogP contribution in [-0.2, 0) is 11.3 Å². The number of carbonyl (C=O) groups is 1. The summed E-state index contributed by atoms with van der Waals surface area (Å²) in [6, 6.07) is 21.9. The number of anilines is 1. The van der Waals surface area contributed by atoms with Crippen LogP contribution in [-0.4, -0.2) is 30.9 Å². The fourth-order valence-electron chi connectivity index (χ4n) is 3.90. The Morgan fingerprint density at radius 1 is 1.03 bits per heavy atom. The number of aromatic nitrogens is 4. The second-order valence-electron chi connectivity index (χ2n) is 9.81. The molecule has 5 rings (SSSR count). The molecule has 0 atom stereocenters. The number of pyridine rings is 1. The van der Waals surface area contributed by atoms with Gasteiger partial charge >= 0.3 is 6.09 Å². The molecule has 10 heteroatoms. The Bertz CT molecular complexity index is 1670. The number of ether oxygens (including phenoxy) is 2.